The second-order valence-electron chi connectivity index (χ2n) is 5.69. The van der Waals surface area contributed by atoms with Crippen molar-refractivity contribution in [2.45, 2.75) is 26.6 Å². The van der Waals surface area contributed by atoms with Crippen LogP contribution in [0.5, 0.6) is 5.75 Å². The Labute approximate surface area is 169 Å². The third-order valence-corrected chi connectivity index (χ3v) is 5.18. The van der Waals surface area contributed by atoms with Gasteiger partial charge in [0.05, 0.1) is 0 Å². The summed E-state index contributed by atoms with van der Waals surface area (Å²) in [5, 5.41) is 11.0. The van der Waals surface area contributed by atoms with Crippen molar-refractivity contribution in [3.63, 3.8) is 0 Å². The zero-order chi connectivity index (χ0) is 20.0. The number of carbonyl (C=O) groups excluding carboxylic acids is 1. The molecule has 0 bridgehead atoms. The zero-order valence-electron chi connectivity index (χ0n) is 14.5. The SMILES string of the molecule is CC(C)Oc1ccccc1COC(=O)c1ccc([N+](=O)[O-])cc1[CH]=[Ru]([Cl])[Cl]. The minimum atomic E-state index is -2.30. The molecule has 0 aliphatic rings. The van der Waals surface area contributed by atoms with Crippen LogP contribution >= 0.6 is 19.4 Å². The predicted octanol–water partition coefficient (Wildman–Crippen LogP) is 4.82. The van der Waals surface area contributed by atoms with E-state index in [4.69, 9.17) is 28.9 Å². The number of nitro groups is 1. The van der Waals surface area contributed by atoms with E-state index in [1.807, 2.05) is 26.0 Å². The number of para-hydroxylation sites is 1. The molecule has 0 fully saturated rings. The molecule has 0 N–H and O–H groups in total. The van der Waals surface area contributed by atoms with Gasteiger partial charge in [0.15, 0.2) is 0 Å². The molecule has 0 amide bonds. The van der Waals surface area contributed by atoms with Crippen LogP contribution in [0.3, 0.4) is 0 Å². The van der Waals surface area contributed by atoms with Gasteiger partial charge in [-0.2, -0.15) is 0 Å². The number of hydrogen-bond acceptors (Lipinski definition) is 5. The Kier molecular flexibility index (Phi) is 7.90. The Hall–Kier alpha value is -1.82. The van der Waals surface area contributed by atoms with Gasteiger partial charge < -0.3 is 0 Å². The van der Waals surface area contributed by atoms with Crippen LogP contribution in [0.25, 0.3) is 0 Å². The van der Waals surface area contributed by atoms with Crippen molar-refractivity contribution in [3.8, 4) is 5.75 Å². The first-order valence-electron chi connectivity index (χ1n) is 7.81. The quantitative estimate of drug-likeness (QED) is 0.236. The Balaban J connectivity index is 2.24. The van der Waals surface area contributed by atoms with Crippen LogP contribution in [-0.2, 0) is 24.9 Å². The van der Waals surface area contributed by atoms with Crippen LogP contribution in [0, 0.1) is 10.1 Å². The van der Waals surface area contributed by atoms with Gasteiger partial charge >= 0.3 is 170 Å². The molecule has 2 aromatic carbocycles. The second kappa shape index (κ2) is 9.93. The van der Waals surface area contributed by atoms with E-state index in [9.17, 15) is 14.9 Å². The van der Waals surface area contributed by atoms with Gasteiger partial charge in [0.1, 0.15) is 0 Å². The van der Waals surface area contributed by atoms with Crippen molar-refractivity contribution < 1.29 is 32.7 Å². The fourth-order valence-corrected chi connectivity index (χ4v) is 4.04. The molecule has 146 valence electrons. The molecule has 0 radical (unpaired) electrons. The fourth-order valence-electron chi connectivity index (χ4n) is 2.23. The molecule has 0 atom stereocenters. The number of hydrogen-bond donors (Lipinski definition) is 0. The average molecular weight is 499 g/mol. The standard InChI is InChI=1S/C18H17NO5.2ClH.Ru/c1-12(2)24-17-7-5-4-6-14(17)11-23-18(20)16-9-8-15(19(21)22)10-13(16)3;;;/h3-10,12H,11H2,1-2H3;2*1H;/q;;;+2/p-2. The summed E-state index contributed by atoms with van der Waals surface area (Å²) in [5.41, 5.74) is 1.03. The molecule has 0 aliphatic carbocycles. The van der Waals surface area contributed by atoms with Crippen LogP contribution in [0.15, 0.2) is 42.5 Å². The summed E-state index contributed by atoms with van der Waals surface area (Å²) in [6.07, 6.45) is -0.0211. The van der Waals surface area contributed by atoms with Crippen molar-refractivity contribution >= 4 is 35.6 Å². The molecule has 0 spiro atoms. The molecule has 0 saturated carbocycles. The number of nitrogens with zero attached hydrogens (tertiary/aromatic N) is 1. The van der Waals surface area contributed by atoms with Crippen molar-refractivity contribution in [1.29, 1.82) is 0 Å². The van der Waals surface area contributed by atoms with Crippen molar-refractivity contribution in [1.82, 2.24) is 0 Å². The third kappa shape index (κ3) is 6.38. The van der Waals surface area contributed by atoms with Crippen LogP contribution in [0.1, 0.15) is 35.3 Å². The molecular formula is C18H17Cl2NO5Ru. The summed E-state index contributed by atoms with van der Waals surface area (Å²) in [7, 11) is 11.8. The van der Waals surface area contributed by atoms with Gasteiger partial charge in [0, 0.05) is 0 Å². The number of non-ortho nitro benzene ring substituents is 1. The van der Waals surface area contributed by atoms with Gasteiger partial charge in [-0.3, -0.25) is 0 Å². The summed E-state index contributed by atoms with van der Waals surface area (Å²) in [5.74, 6) is 0.00394. The summed E-state index contributed by atoms with van der Waals surface area (Å²) >= 11 is -2.30. The number of nitro benzene ring substituents is 1. The molecule has 27 heavy (non-hydrogen) atoms. The average Bonchev–Trinajstić information content (AvgIpc) is 2.59. The van der Waals surface area contributed by atoms with E-state index in [0.29, 0.717) is 16.9 Å². The van der Waals surface area contributed by atoms with E-state index in [2.05, 4.69) is 0 Å². The van der Waals surface area contributed by atoms with Gasteiger partial charge in [-0.15, -0.1) is 0 Å². The first kappa shape index (κ1) is 21.5. The number of esters is 1. The monoisotopic (exact) mass is 499 g/mol. The van der Waals surface area contributed by atoms with Gasteiger partial charge in [0.25, 0.3) is 0 Å². The number of halogens is 2. The summed E-state index contributed by atoms with van der Waals surface area (Å²) < 4.78 is 12.6. The Bertz CT molecular complexity index is 882. The molecule has 0 aromatic heterocycles. The van der Waals surface area contributed by atoms with Gasteiger partial charge in [0.2, 0.25) is 0 Å². The molecule has 0 aliphatic heterocycles. The Morgan fingerprint density at radius 3 is 2.59 bits per heavy atom. The van der Waals surface area contributed by atoms with Crippen LogP contribution in [0.4, 0.5) is 5.69 Å². The molecule has 0 saturated heterocycles. The van der Waals surface area contributed by atoms with Crippen molar-refractivity contribution in [2.75, 3.05) is 0 Å². The Morgan fingerprint density at radius 2 is 1.96 bits per heavy atom. The molecule has 6 nitrogen and oxygen atoms in total. The van der Waals surface area contributed by atoms with Gasteiger partial charge in [-0.25, -0.2) is 0 Å². The minimum absolute atomic E-state index is 0.00112. The first-order valence-corrected chi connectivity index (χ1v) is 13.3. The number of benzene rings is 2. The second-order valence-corrected chi connectivity index (χ2v) is 11.4. The van der Waals surface area contributed by atoms with Crippen LogP contribution < -0.4 is 4.74 Å². The van der Waals surface area contributed by atoms with Crippen molar-refractivity contribution in [2.24, 2.45) is 0 Å². The van der Waals surface area contributed by atoms with Crippen LogP contribution in [-0.4, -0.2) is 21.6 Å². The van der Waals surface area contributed by atoms with Gasteiger partial charge in [-0.1, -0.05) is 0 Å². The van der Waals surface area contributed by atoms with E-state index in [1.54, 1.807) is 12.1 Å². The maximum atomic E-state index is 12.5. The van der Waals surface area contributed by atoms with E-state index in [1.165, 1.54) is 22.8 Å². The Morgan fingerprint density at radius 1 is 1.26 bits per heavy atom. The topological polar surface area (TPSA) is 78.7 Å². The molecule has 9 heteroatoms. The predicted molar refractivity (Wildman–Crippen MR) is 101 cm³/mol. The van der Waals surface area contributed by atoms with E-state index in [0.717, 1.165) is 0 Å². The number of ether oxygens (including phenoxy) is 2. The molecule has 2 aromatic rings. The zero-order valence-corrected chi connectivity index (χ0v) is 17.8. The summed E-state index contributed by atoms with van der Waals surface area (Å²) in [6, 6.07) is 11.1. The maximum absolute atomic E-state index is 12.5. The normalized spacial score (nSPS) is 11.1. The summed E-state index contributed by atoms with van der Waals surface area (Å²) in [6.45, 7) is 3.81. The van der Waals surface area contributed by atoms with E-state index in [-0.39, 0.29) is 24.0 Å². The number of carbonyl (C=O) groups is 1. The van der Waals surface area contributed by atoms with Gasteiger partial charge in [-0.05, 0) is 0 Å². The molecule has 2 rings (SSSR count). The van der Waals surface area contributed by atoms with Crippen molar-refractivity contribution in [3.05, 3.63) is 69.3 Å². The summed E-state index contributed by atoms with van der Waals surface area (Å²) in [4.78, 5) is 22.9. The molecule has 0 unspecified atom stereocenters. The van der Waals surface area contributed by atoms with Crippen LogP contribution in [0.2, 0.25) is 0 Å². The number of rotatable bonds is 7. The third-order valence-electron chi connectivity index (χ3n) is 3.35. The molecule has 0 heterocycles. The van der Waals surface area contributed by atoms with E-state index >= 15 is 0 Å². The first-order chi connectivity index (χ1) is 12.8. The van der Waals surface area contributed by atoms with E-state index < -0.39 is 24.4 Å². The fraction of sp³-hybridized carbons (Fsp3) is 0.222. The molecular weight excluding hydrogens is 482 g/mol.